The Morgan fingerprint density at radius 1 is 1.08 bits per heavy atom. The highest BCUT2D eigenvalue weighted by atomic mass is 35.5. The van der Waals surface area contributed by atoms with E-state index in [0.29, 0.717) is 42.5 Å². The summed E-state index contributed by atoms with van der Waals surface area (Å²) in [6.07, 6.45) is -1.48. The van der Waals surface area contributed by atoms with Gasteiger partial charge in [-0.15, -0.1) is 0 Å². The van der Waals surface area contributed by atoms with Gasteiger partial charge in [0.15, 0.2) is 5.65 Å². The minimum absolute atomic E-state index is 0.0994. The molecule has 1 aliphatic rings. The van der Waals surface area contributed by atoms with E-state index in [2.05, 4.69) is 15.0 Å². The lowest BCUT2D eigenvalue weighted by molar-refractivity contribution is 0.0630. The van der Waals surface area contributed by atoms with Crippen LogP contribution in [0.5, 0.6) is 5.75 Å². The number of hydrogen-bond donors (Lipinski definition) is 0. The van der Waals surface area contributed by atoms with Crippen molar-refractivity contribution in [2.45, 2.75) is 13.0 Å². The molecule has 0 unspecified atom stereocenters. The van der Waals surface area contributed by atoms with Gasteiger partial charge in [0.25, 0.3) is 12.3 Å². The summed E-state index contributed by atoms with van der Waals surface area (Å²) in [7, 11) is 1.51. The normalized spacial score (nSPS) is 14.5. The van der Waals surface area contributed by atoms with E-state index in [1.807, 2.05) is 24.3 Å². The molecule has 1 aliphatic heterocycles. The summed E-state index contributed by atoms with van der Waals surface area (Å²) < 4.78 is 34.4. The van der Waals surface area contributed by atoms with Crippen LogP contribution in [0, 0.1) is 0 Å². The lowest BCUT2D eigenvalue weighted by Gasteiger charge is -2.34. The molecule has 7 nitrogen and oxygen atoms in total. The Bertz CT molecular complexity index is 1390. The molecule has 1 saturated heterocycles. The van der Waals surface area contributed by atoms with Crippen LogP contribution in [0.15, 0.2) is 60.8 Å². The van der Waals surface area contributed by atoms with Crippen LogP contribution in [-0.2, 0) is 6.54 Å². The average molecular weight is 512 g/mol. The van der Waals surface area contributed by atoms with Crippen molar-refractivity contribution in [3.8, 4) is 17.0 Å². The van der Waals surface area contributed by atoms with Crippen molar-refractivity contribution in [1.29, 1.82) is 0 Å². The summed E-state index contributed by atoms with van der Waals surface area (Å²) in [6, 6.07) is 16.0. The maximum absolute atomic E-state index is 14.0. The molecular formula is C26H24ClF2N5O2. The first-order chi connectivity index (χ1) is 17.4. The van der Waals surface area contributed by atoms with Crippen LogP contribution in [0.3, 0.4) is 0 Å². The molecule has 0 spiro atoms. The second-order valence-electron chi connectivity index (χ2n) is 8.56. The van der Waals surface area contributed by atoms with Crippen LogP contribution in [-0.4, -0.2) is 63.6 Å². The summed E-state index contributed by atoms with van der Waals surface area (Å²) in [6.45, 7) is 3.17. The number of para-hydroxylation sites is 1. The molecule has 0 aliphatic carbocycles. The zero-order valence-corrected chi connectivity index (χ0v) is 20.3. The van der Waals surface area contributed by atoms with Gasteiger partial charge in [-0.1, -0.05) is 35.9 Å². The number of hydrogen-bond acceptors (Lipinski definition) is 5. The van der Waals surface area contributed by atoms with Gasteiger partial charge in [0.05, 0.1) is 19.0 Å². The third-order valence-electron chi connectivity index (χ3n) is 6.32. The van der Waals surface area contributed by atoms with Crippen LogP contribution in [0.1, 0.15) is 28.0 Å². The molecule has 2 aromatic heterocycles. The lowest BCUT2D eigenvalue weighted by atomic mass is 10.1. The van der Waals surface area contributed by atoms with E-state index in [4.69, 9.17) is 16.3 Å². The minimum Gasteiger partial charge on any atom is -0.496 e. The van der Waals surface area contributed by atoms with E-state index in [1.54, 1.807) is 29.2 Å². The van der Waals surface area contributed by atoms with Crippen molar-refractivity contribution in [3.05, 3.63) is 82.6 Å². The molecule has 1 fully saturated rings. The number of rotatable bonds is 6. The molecular weight excluding hydrogens is 488 g/mol. The molecule has 0 atom stereocenters. The Morgan fingerprint density at radius 3 is 2.50 bits per heavy atom. The summed E-state index contributed by atoms with van der Waals surface area (Å²) in [4.78, 5) is 22.0. The molecule has 0 saturated carbocycles. The first kappa shape index (κ1) is 24.1. The Labute approximate surface area is 211 Å². The van der Waals surface area contributed by atoms with Crippen molar-refractivity contribution in [3.63, 3.8) is 0 Å². The number of methoxy groups -OCH3 is 1. The highest BCUT2D eigenvalue weighted by Gasteiger charge is 2.27. The number of halogens is 3. The number of carbonyl (C=O) groups is 1. The fourth-order valence-corrected chi connectivity index (χ4v) is 4.54. The molecule has 3 heterocycles. The number of amides is 1. The van der Waals surface area contributed by atoms with Crippen LogP contribution < -0.4 is 4.74 Å². The second-order valence-corrected chi connectivity index (χ2v) is 8.99. The van der Waals surface area contributed by atoms with Gasteiger partial charge < -0.3 is 9.64 Å². The van der Waals surface area contributed by atoms with Gasteiger partial charge in [-0.05, 0) is 35.9 Å². The molecule has 5 rings (SSSR count). The Hall–Kier alpha value is -3.56. The number of alkyl halides is 2. The molecule has 186 valence electrons. The molecule has 1 amide bonds. The first-order valence-corrected chi connectivity index (χ1v) is 11.9. The SMILES string of the molecule is COc1ccccc1-c1cc(C(F)F)n2ncc(C(=O)N3CCN(Cc4ccc(Cl)cc4)CC3)c2n1. The second kappa shape index (κ2) is 10.2. The van der Waals surface area contributed by atoms with Gasteiger partial charge in [0.2, 0.25) is 0 Å². The number of nitrogens with zero attached hydrogens (tertiary/aromatic N) is 5. The van der Waals surface area contributed by atoms with Gasteiger partial charge >= 0.3 is 0 Å². The van der Waals surface area contributed by atoms with Crippen molar-refractivity contribution in [2.75, 3.05) is 33.3 Å². The number of fused-ring (bicyclic) bond motifs is 1. The molecule has 10 heteroatoms. The lowest BCUT2D eigenvalue weighted by Crippen LogP contribution is -2.48. The fraction of sp³-hybridized carbons (Fsp3) is 0.269. The Kier molecular flexibility index (Phi) is 6.84. The molecule has 0 radical (unpaired) electrons. The summed E-state index contributed by atoms with van der Waals surface area (Å²) in [5.74, 6) is 0.222. The largest absolute Gasteiger partial charge is 0.496 e. The highest BCUT2D eigenvalue weighted by molar-refractivity contribution is 6.30. The number of ether oxygens (including phenoxy) is 1. The zero-order valence-electron chi connectivity index (χ0n) is 19.6. The molecule has 0 bridgehead atoms. The van der Waals surface area contributed by atoms with E-state index in [9.17, 15) is 13.6 Å². The van der Waals surface area contributed by atoms with Gasteiger partial charge in [-0.2, -0.15) is 5.10 Å². The van der Waals surface area contributed by atoms with Gasteiger partial charge in [0, 0.05) is 43.3 Å². The standard InChI is InChI=1S/C26H24ClF2N5O2/c1-36-23-5-3-2-4-19(23)21-14-22(24(28)29)34-25(31-21)20(15-30-34)26(35)33-12-10-32(11-13-33)16-17-6-8-18(27)9-7-17/h2-9,14-15,24H,10-13,16H2,1H3. The molecule has 0 N–H and O–H groups in total. The average Bonchev–Trinajstić information content (AvgIpc) is 3.33. The van der Waals surface area contributed by atoms with Crippen LogP contribution in [0.2, 0.25) is 5.02 Å². The quantitative estimate of drug-likeness (QED) is 0.366. The first-order valence-electron chi connectivity index (χ1n) is 11.5. The van der Waals surface area contributed by atoms with Crippen LogP contribution in [0.4, 0.5) is 8.78 Å². The topological polar surface area (TPSA) is 63.0 Å². The Balaban J connectivity index is 1.40. The monoisotopic (exact) mass is 511 g/mol. The fourth-order valence-electron chi connectivity index (χ4n) is 4.41. The number of carbonyl (C=O) groups excluding carboxylic acids is 1. The molecule has 2 aromatic carbocycles. The van der Waals surface area contributed by atoms with Crippen molar-refractivity contribution >= 4 is 23.2 Å². The van der Waals surface area contributed by atoms with Crippen molar-refractivity contribution in [1.82, 2.24) is 24.4 Å². The number of benzene rings is 2. The summed E-state index contributed by atoms with van der Waals surface area (Å²) >= 11 is 5.97. The van der Waals surface area contributed by atoms with E-state index in [1.165, 1.54) is 19.4 Å². The van der Waals surface area contributed by atoms with Crippen molar-refractivity contribution in [2.24, 2.45) is 0 Å². The minimum atomic E-state index is -2.80. The predicted molar refractivity (Wildman–Crippen MR) is 133 cm³/mol. The van der Waals surface area contributed by atoms with Crippen molar-refractivity contribution < 1.29 is 18.3 Å². The summed E-state index contributed by atoms with van der Waals surface area (Å²) in [5.41, 5.74) is 1.95. The Morgan fingerprint density at radius 2 is 1.81 bits per heavy atom. The zero-order chi connectivity index (χ0) is 25.2. The van der Waals surface area contributed by atoms with E-state index in [-0.39, 0.29) is 28.5 Å². The van der Waals surface area contributed by atoms with Gasteiger partial charge in [-0.25, -0.2) is 18.3 Å². The van der Waals surface area contributed by atoms with E-state index >= 15 is 0 Å². The molecule has 36 heavy (non-hydrogen) atoms. The van der Waals surface area contributed by atoms with Gasteiger partial charge in [0.1, 0.15) is 17.0 Å². The highest BCUT2D eigenvalue weighted by Crippen LogP contribution is 2.32. The third kappa shape index (κ3) is 4.76. The van der Waals surface area contributed by atoms with Gasteiger partial charge in [-0.3, -0.25) is 9.69 Å². The molecule has 4 aromatic rings. The smallest absolute Gasteiger partial charge is 0.280 e. The third-order valence-corrected chi connectivity index (χ3v) is 6.57. The van der Waals surface area contributed by atoms with Crippen LogP contribution in [0.25, 0.3) is 16.9 Å². The maximum atomic E-state index is 14.0. The summed E-state index contributed by atoms with van der Waals surface area (Å²) in [5, 5.41) is 4.78. The predicted octanol–water partition coefficient (Wildman–Crippen LogP) is 4.95. The number of piperazine rings is 1. The van der Waals surface area contributed by atoms with Crippen LogP contribution >= 0.6 is 11.6 Å². The van der Waals surface area contributed by atoms with E-state index < -0.39 is 6.43 Å². The number of aromatic nitrogens is 3. The maximum Gasteiger partial charge on any atom is 0.280 e. The van der Waals surface area contributed by atoms with E-state index in [0.717, 1.165) is 16.6 Å².